The lowest BCUT2D eigenvalue weighted by Crippen LogP contribution is -2.40. The van der Waals surface area contributed by atoms with Crippen molar-refractivity contribution in [3.05, 3.63) is 41.9 Å². The lowest BCUT2D eigenvalue weighted by atomic mass is 10.2. The number of pyridine rings is 1. The van der Waals surface area contributed by atoms with Gasteiger partial charge in [-0.3, -0.25) is 4.98 Å². The number of nitrogens with one attached hydrogen (secondary N) is 1. The summed E-state index contributed by atoms with van der Waals surface area (Å²) in [5.41, 5.74) is 3.54. The second-order valence-corrected chi connectivity index (χ2v) is 3.99. The predicted octanol–water partition coefficient (Wildman–Crippen LogP) is 1.31. The van der Waals surface area contributed by atoms with Gasteiger partial charge in [-0.2, -0.15) is 0 Å². The maximum atomic E-state index is 4.36. The summed E-state index contributed by atoms with van der Waals surface area (Å²) >= 11 is 0. The number of aryl methyl sites for hydroxylation is 1. The largest absolute Gasteiger partial charge is 0.367 e. The quantitative estimate of drug-likeness (QED) is 0.785. The molecule has 0 amide bonds. The van der Waals surface area contributed by atoms with E-state index in [0.717, 1.165) is 37.6 Å². The average Bonchev–Trinajstić information content (AvgIpc) is 2.22. The SMILES string of the molecule is C=C1CNCCN1Cc1cc(C)ccn1. The second kappa shape index (κ2) is 4.45. The van der Waals surface area contributed by atoms with Crippen LogP contribution < -0.4 is 5.32 Å². The molecule has 1 aliphatic rings. The van der Waals surface area contributed by atoms with Crippen LogP contribution in [0.15, 0.2) is 30.6 Å². The molecule has 0 aliphatic carbocycles. The van der Waals surface area contributed by atoms with Crippen molar-refractivity contribution in [3.63, 3.8) is 0 Å². The van der Waals surface area contributed by atoms with Gasteiger partial charge in [-0.15, -0.1) is 0 Å². The third kappa shape index (κ3) is 2.57. The Hall–Kier alpha value is -1.35. The topological polar surface area (TPSA) is 28.2 Å². The lowest BCUT2D eigenvalue weighted by Gasteiger charge is -2.31. The van der Waals surface area contributed by atoms with Crippen LogP contribution in [0.25, 0.3) is 0 Å². The van der Waals surface area contributed by atoms with Crippen LogP contribution in [0, 0.1) is 6.92 Å². The van der Waals surface area contributed by atoms with Crippen molar-refractivity contribution in [2.24, 2.45) is 0 Å². The molecule has 1 saturated heterocycles. The summed E-state index contributed by atoms with van der Waals surface area (Å²) in [5.74, 6) is 0. The summed E-state index contributed by atoms with van der Waals surface area (Å²) < 4.78 is 0. The van der Waals surface area contributed by atoms with Crippen LogP contribution in [-0.4, -0.2) is 29.5 Å². The fourth-order valence-electron chi connectivity index (χ4n) is 1.79. The molecule has 1 fully saturated rings. The van der Waals surface area contributed by atoms with Gasteiger partial charge in [0.15, 0.2) is 0 Å². The smallest absolute Gasteiger partial charge is 0.0599 e. The Morgan fingerprint density at radius 2 is 2.47 bits per heavy atom. The summed E-state index contributed by atoms with van der Waals surface area (Å²) in [7, 11) is 0. The number of hydrogen-bond acceptors (Lipinski definition) is 3. The minimum Gasteiger partial charge on any atom is -0.367 e. The number of aromatic nitrogens is 1. The molecule has 0 saturated carbocycles. The summed E-state index contributed by atoms with van der Waals surface area (Å²) in [6.07, 6.45) is 1.87. The van der Waals surface area contributed by atoms with Crippen LogP contribution in [0.4, 0.5) is 0 Å². The average molecular weight is 203 g/mol. The number of piperazine rings is 1. The molecule has 2 rings (SSSR count). The number of hydrogen-bond donors (Lipinski definition) is 1. The van der Waals surface area contributed by atoms with Crippen molar-refractivity contribution in [2.75, 3.05) is 19.6 Å². The summed E-state index contributed by atoms with van der Waals surface area (Å²) in [6.45, 7) is 9.97. The molecule has 1 aromatic rings. The highest BCUT2D eigenvalue weighted by Crippen LogP contribution is 2.10. The highest BCUT2D eigenvalue weighted by atomic mass is 15.2. The van der Waals surface area contributed by atoms with E-state index in [2.05, 4.69) is 34.8 Å². The normalized spacial score (nSPS) is 16.9. The zero-order valence-electron chi connectivity index (χ0n) is 9.16. The van der Waals surface area contributed by atoms with Crippen molar-refractivity contribution in [1.82, 2.24) is 15.2 Å². The maximum absolute atomic E-state index is 4.36. The number of nitrogens with zero attached hydrogens (tertiary/aromatic N) is 2. The van der Waals surface area contributed by atoms with Crippen LogP contribution >= 0.6 is 0 Å². The predicted molar refractivity (Wildman–Crippen MR) is 61.4 cm³/mol. The van der Waals surface area contributed by atoms with E-state index in [1.807, 2.05) is 12.3 Å². The van der Waals surface area contributed by atoms with E-state index in [4.69, 9.17) is 0 Å². The van der Waals surface area contributed by atoms with E-state index < -0.39 is 0 Å². The van der Waals surface area contributed by atoms with E-state index in [-0.39, 0.29) is 0 Å². The van der Waals surface area contributed by atoms with E-state index in [0.29, 0.717) is 0 Å². The van der Waals surface area contributed by atoms with Gasteiger partial charge in [-0.25, -0.2) is 0 Å². The molecular formula is C12H17N3. The van der Waals surface area contributed by atoms with Gasteiger partial charge < -0.3 is 10.2 Å². The van der Waals surface area contributed by atoms with Crippen LogP contribution in [0.2, 0.25) is 0 Å². The van der Waals surface area contributed by atoms with Gasteiger partial charge in [0.1, 0.15) is 0 Å². The molecule has 3 heteroatoms. The van der Waals surface area contributed by atoms with Gasteiger partial charge in [0.05, 0.1) is 12.2 Å². The summed E-state index contributed by atoms with van der Waals surface area (Å²) in [6, 6.07) is 4.16. The third-order valence-electron chi connectivity index (χ3n) is 2.66. The molecule has 1 aliphatic heterocycles. The zero-order chi connectivity index (χ0) is 10.7. The number of rotatable bonds is 2. The van der Waals surface area contributed by atoms with Crippen LogP contribution in [-0.2, 0) is 6.54 Å². The Balaban J connectivity index is 2.04. The molecular weight excluding hydrogens is 186 g/mol. The summed E-state index contributed by atoms with van der Waals surface area (Å²) in [5, 5.41) is 3.30. The van der Waals surface area contributed by atoms with Crippen molar-refractivity contribution >= 4 is 0 Å². The lowest BCUT2D eigenvalue weighted by molar-refractivity contribution is 0.292. The first kappa shape index (κ1) is 10.2. The first-order valence-corrected chi connectivity index (χ1v) is 5.30. The molecule has 1 N–H and O–H groups in total. The molecule has 0 bridgehead atoms. The van der Waals surface area contributed by atoms with Crippen molar-refractivity contribution in [1.29, 1.82) is 0 Å². The maximum Gasteiger partial charge on any atom is 0.0599 e. The first-order chi connectivity index (χ1) is 7.25. The fourth-order valence-corrected chi connectivity index (χ4v) is 1.79. The van der Waals surface area contributed by atoms with Gasteiger partial charge in [0.2, 0.25) is 0 Å². The Labute approximate surface area is 90.8 Å². The van der Waals surface area contributed by atoms with Gasteiger partial charge in [-0.1, -0.05) is 6.58 Å². The molecule has 80 valence electrons. The molecule has 1 aromatic heterocycles. The third-order valence-corrected chi connectivity index (χ3v) is 2.66. The van der Waals surface area contributed by atoms with Crippen LogP contribution in [0.5, 0.6) is 0 Å². The van der Waals surface area contributed by atoms with Crippen molar-refractivity contribution < 1.29 is 0 Å². The fraction of sp³-hybridized carbons (Fsp3) is 0.417. The highest BCUT2D eigenvalue weighted by Gasteiger charge is 2.12. The molecule has 3 nitrogen and oxygen atoms in total. The van der Waals surface area contributed by atoms with E-state index in [1.165, 1.54) is 5.56 Å². The van der Waals surface area contributed by atoms with Crippen molar-refractivity contribution in [2.45, 2.75) is 13.5 Å². The standard InChI is InChI=1S/C12H17N3/c1-10-3-4-14-12(7-10)9-15-6-5-13-8-11(15)2/h3-4,7,13H,2,5-6,8-9H2,1H3. The molecule has 0 spiro atoms. The Morgan fingerprint density at radius 3 is 3.20 bits per heavy atom. The first-order valence-electron chi connectivity index (χ1n) is 5.30. The van der Waals surface area contributed by atoms with E-state index >= 15 is 0 Å². The second-order valence-electron chi connectivity index (χ2n) is 3.99. The van der Waals surface area contributed by atoms with Crippen LogP contribution in [0.3, 0.4) is 0 Å². The van der Waals surface area contributed by atoms with Gasteiger partial charge in [-0.05, 0) is 24.6 Å². The van der Waals surface area contributed by atoms with Crippen molar-refractivity contribution in [3.8, 4) is 0 Å². The minimum absolute atomic E-state index is 0.877. The Morgan fingerprint density at radius 1 is 1.60 bits per heavy atom. The zero-order valence-corrected chi connectivity index (χ0v) is 9.16. The minimum atomic E-state index is 0.877. The van der Waals surface area contributed by atoms with Gasteiger partial charge >= 0.3 is 0 Å². The Bertz CT molecular complexity index is 360. The molecule has 0 unspecified atom stereocenters. The molecule has 0 atom stereocenters. The van der Waals surface area contributed by atoms with E-state index in [1.54, 1.807) is 0 Å². The van der Waals surface area contributed by atoms with E-state index in [9.17, 15) is 0 Å². The summed E-state index contributed by atoms with van der Waals surface area (Å²) in [4.78, 5) is 6.65. The monoisotopic (exact) mass is 203 g/mol. The molecule has 2 heterocycles. The Kier molecular flexibility index (Phi) is 3.02. The molecule has 0 aromatic carbocycles. The van der Waals surface area contributed by atoms with Gasteiger partial charge in [0.25, 0.3) is 0 Å². The van der Waals surface area contributed by atoms with Crippen LogP contribution in [0.1, 0.15) is 11.3 Å². The molecule has 15 heavy (non-hydrogen) atoms. The highest BCUT2D eigenvalue weighted by molar-refractivity contribution is 5.15. The van der Waals surface area contributed by atoms with Gasteiger partial charge in [0, 0.05) is 31.5 Å². The molecule has 0 radical (unpaired) electrons.